The summed E-state index contributed by atoms with van der Waals surface area (Å²) in [6.45, 7) is 1.36. The van der Waals surface area contributed by atoms with E-state index in [0.717, 1.165) is 34.0 Å². The molecule has 0 bridgehead atoms. The number of hydrogen-bond donors (Lipinski definition) is 1. The topological polar surface area (TPSA) is 52.2 Å². The summed E-state index contributed by atoms with van der Waals surface area (Å²) in [6, 6.07) is 22.0. The molecular formula is C22H21N3O2. The van der Waals surface area contributed by atoms with Gasteiger partial charge in [0.25, 0.3) is 0 Å². The first-order chi connectivity index (χ1) is 13.3. The number of para-hydroxylation sites is 1. The molecule has 0 saturated carbocycles. The van der Waals surface area contributed by atoms with Crippen molar-refractivity contribution >= 4 is 0 Å². The van der Waals surface area contributed by atoms with Gasteiger partial charge in [0, 0.05) is 23.9 Å². The van der Waals surface area contributed by atoms with Crippen LogP contribution in [-0.4, -0.2) is 16.9 Å². The average Bonchev–Trinajstić information content (AvgIpc) is 3.39. The van der Waals surface area contributed by atoms with E-state index < -0.39 is 0 Å². The van der Waals surface area contributed by atoms with E-state index in [0.29, 0.717) is 13.1 Å². The molecule has 0 aliphatic heterocycles. The molecule has 2 aromatic carbocycles. The van der Waals surface area contributed by atoms with E-state index in [-0.39, 0.29) is 0 Å². The second-order valence-corrected chi connectivity index (χ2v) is 6.19. The maximum atomic E-state index is 5.39. The van der Waals surface area contributed by atoms with Gasteiger partial charge >= 0.3 is 0 Å². The molecule has 4 rings (SSSR count). The van der Waals surface area contributed by atoms with Gasteiger partial charge < -0.3 is 14.5 Å². The number of methoxy groups -OCH3 is 1. The molecule has 27 heavy (non-hydrogen) atoms. The van der Waals surface area contributed by atoms with Gasteiger partial charge in [-0.2, -0.15) is 5.10 Å². The molecule has 0 aliphatic carbocycles. The van der Waals surface area contributed by atoms with Gasteiger partial charge in [-0.1, -0.05) is 18.2 Å². The summed E-state index contributed by atoms with van der Waals surface area (Å²) < 4.78 is 12.6. The molecule has 1 N–H and O–H groups in total. The molecule has 0 amide bonds. The highest BCUT2D eigenvalue weighted by atomic mass is 16.5. The van der Waals surface area contributed by atoms with Gasteiger partial charge in [-0.15, -0.1) is 0 Å². The van der Waals surface area contributed by atoms with Crippen LogP contribution in [0.3, 0.4) is 0 Å². The fraction of sp³-hybridized carbons (Fsp3) is 0.136. The van der Waals surface area contributed by atoms with Crippen LogP contribution in [0.25, 0.3) is 16.9 Å². The maximum absolute atomic E-state index is 5.39. The Morgan fingerprint density at radius 1 is 0.963 bits per heavy atom. The molecule has 0 aliphatic rings. The van der Waals surface area contributed by atoms with Crippen LogP contribution in [0.2, 0.25) is 0 Å². The van der Waals surface area contributed by atoms with Crippen molar-refractivity contribution in [1.29, 1.82) is 0 Å². The van der Waals surface area contributed by atoms with Crippen molar-refractivity contribution in [2.75, 3.05) is 7.11 Å². The largest absolute Gasteiger partial charge is 0.497 e. The van der Waals surface area contributed by atoms with Crippen LogP contribution in [-0.2, 0) is 13.1 Å². The van der Waals surface area contributed by atoms with Gasteiger partial charge in [0.1, 0.15) is 11.5 Å². The number of furan rings is 1. The third kappa shape index (κ3) is 3.93. The highest BCUT2D eigenvalue weighted by Gasteiger charge is 2.12. The summed E-state index contributed by atoms with van der Waals surface area (Å²) >= 11 is 0. The molecule has 5 heteroatoms. The van der Waals surface area contributed by atoms with Crippen molar-refractivity contribution in [1.82, 2.24) is 15.1 Å². The predicted molar refractivity (Wildman–Crippen MR) is 105 cm³/mol. The van der Waals surface area contributed by atoms with Crippen LogP contribution in [0.4, 0.5) is 0 Å². The Morgan fingerprint density at radius 2 is 1.78 bits per heavy atom. The smallest absolute Gasteiger partial charge is 0.118 e. The van der Waals surface area contributed by atoms with Crippen LogP contribution < -0.4 is 10.1 Å². The summed E-state index contributed by atoms with van der Waals surface area (Å²) in [5.41, 5.74) is 4.16. The van der Waals surface area contributed by atoms with E-state index in [4.69, 9.17) is 14.3 Å². The Kier molecular flexibility index (Phi) is 5.03. The number of nitrogens with one attached hydrogen (secondary N) is 1. The van der Waals surface area contributed by atoms with Gasteiger partial charge in [0.15, 0.2) is 0 Å². The Balaban J connectivity index is 1.63. The van der Waals surface area contributed by atoms with Crippen molar-refractivity contribution in [2.24, 2.45) is 0 Å². The molecule has 2 aromatic heterocycles. The molecule has 0 atom stereocenters. The quantitative estimate of drug-likeness (QED) is 0.530. The summed E-state index contributed by atoms with van der Waals surface area (Å²) in [5, 5.41) is 8.26. The lowest BCUT2D eigenvalue weighted by molar-refractivity contribution is 0.415. The van der Waals surface area contributed by atoms with E-state index in [9.17, 15) is 0 Å². The van der Waals surface area contributed by atoms with Crippen molar-refractivity contribution in [3.63, 3.8) is 0 Å². The lowest BCUT2D eigenvalue weighted by Crippen LogP contribution is -2.12. The summed E-state index contributed by atoms with van der Waals surface area (Å²) in [6.07, 6.45) is 3.76. The van der Waals surface area contributed by atoms with E-state index in [1.165, 1.54) is 0 Å². The van der Waals surface area contributed by atoms with E-state index in [1.54, 1.807) is 13.4 Å². The van der Waals surface area contributed by atoms with Crippen LogP contribution in [0.1, 0.15) is 11.3 Å². The van der Waals surface area contributed by atoms with Crippen LogP contribution in [0.5, 0.6) is 5.75 Å². The first kappa shape index (κ1) is 17.1. The SMILES string of the molecule is COc1ccc(-c2nn(-c3ccccc3)cc2CNCc2ccco2)cc1. The highest BCUT2D eigenvalue weighted by Crippen LogP contribution is 2.26. The van der Waals surface area contributed by atoms with E-state index in [1.807, 2.05) is 71.4 Å². The molecule has 0 fully saturated rings. The van der Waals surface area contributed by atoms with Gasteiger partial charge in [-0.25, -0.2) is 4.68 Å². The third-order valence-corrected chi connectivity index (χ3v) is 4.37. The van der Waals surface area contributed by atoms with Gasteiger partial charge in [0.05, 0.1) is 31.3 Å². The number of benzene rings is 2. The number of ether oxygens (including phenoxy) is 1. The van der Waals surface area contributed by atoms with E-state index in [2.05, 4.69) is 11.5 Å². The molecule has 0 unspecified atom stereocenters. The lowest BCUT2D eigenvalue weighted by atomic mass is 10.1. The van der Waals surface area contributed by atoms with E-state index >= 15 is 0 Å². The summed E-state index contributed by atoms with van der Waals surface area (Å²) in [5.74, 6) is 1.75. The van der Waals surface area contributed by atoms with Gasteiger partial charge in [0.2, 0.25) is 0 Å². The molecule has 4 aromatic rings. The number of rotatable bonds is 7. The molecule has 0 saturated heterocycles. The zero-order valence-corrected chi connectivity index (χ0v) is 15.1. The molecular weight excluding hydrogens is 338 g/mol. The minimum Gasteiger partial charge on any atom is -0.497 e. The number of hydrogen-bond acceptors (Lipinski definition) is 4. The van der Waals surface area contributed by atoms with Crippen molar-refractivity contribution in [3.05, 3.63) is 90.5 Å². The van der Waals surface area contributed by atoms with Crippen molar-refractivity contribution < 1.29 is 9.15 Å². The fourth-order valence-corrected chi connectivity index (χ4v) is 2.98. The standard InChI is InChI=1S/C22H21N3O2/c1-26-20-11-9-17(10-12-20)22-18(14-23-15-21-8-5-13-27-21)16-25(24-22)19-6-3-2-4-7-19/h2-13,16,23H,14-15H2,1H3. The zero-order valence-electron chi connectivity index (χ0n) is 15.1. The molecule has 0 spiro atoms. The predicted octanol–water partition coefficient (Wildman–Crippen LogP) is 4.43. The first-order valence-electron chi connectivity index (χ1n) is 8.85. The Hall–Kier alpha value is -3.31. The van der Waals surface area contributed by atoms with Crippen LogP contribution in [0.15, 0.2) is 83.6 Å². The second-order valence-electron chi connectivity index (χ2n) is 6.19. The molecule has 0 radical (unpaired) electrons. The first-order valence-corrected chi connectivity index (χ1v) is 8.85. The van der Waals surface area contributed by atoms with Crippen molar-refractivity contribution in [2.45, 2.75) is 13.1 Å². The minimum absolute atomic E-state index is 0.672. The van der Waals surface area contributed by atoms with Gasteiger partial charge in [-0.05, 0) is 48.5 Å². The average molecular weight is 359 g/mol. The molecule has 136 valence electrons. The van der Waals surface area contributed by atoms with Crippen LogP contribution >= 0.6 is 0 Å². The Labute approximate surface area is 158 Å². The summed E-state index contributed by atoms with van der Waals surface area (Å²) in [4.78, 5) is 0. The Bertz CT molecular complexity index is 974. The minimum atomic E-state index is 0.672. The number of aromatic nitrogens is 2. The third-order valence-electron chi connectivity index (χ3n) is 4.37. The maximum Gasteiger partial charge on any atom is 0.118 e. The van der Waals surface area contributed by atoms with Crippen molar-refractivity contribution in [3.8, 4) is 22.7 Å². The number of nitrogens with zero attached hydrogens (tertiary/aromatic N) is 2. The normalized spacial score (nSPS) is 10.9. The lowest BCUT2D eigenvalue weighted by Gasteiger charge is -2.05. The van der Waals surface area contributed by atoms with Gasteiger partial charge in [-0.3, -0.25) is 0 Å². The second kappa shape index (κ2) is 7.93. The Morgan fingerprint density at radius 3 is 2.48 bits per heavy atom. The zero-order chi connectivity index (χ0) is 18.5. The summed E-state index contributed by atoms with van der Waals surface area (Å²) in [7, 11) is 1.67. The molecule has 2 heterocycles. The molecule has 5 nitrogen and oxygen atoms in total. The highest BCUT2D eigenvalue weighted by molar-refractivity contribution is 5.64. The van der Waals surface area contributed by atoms with Crippen LogP contribution in [0, 0.1) is 0 Å². The monoisotopic (exact) mass is 359 g/mol. The fourth-order valence-electron chi connectivity index (χ4n) is 2.98.